The summed E-state index contributed by atoms with van der Waals surface area (Å²) in [7, 11) is 1.15. The van der Waals surface area contributed by atoms with Crippen molar-refractivity contribution in [1.29, 1.82) is 0 Å². The van der Waals surface area contributed by atoms with Crippen molar-refractivity contribution in [2.75, 3.05) is 7.11 Å². The van der Waals surface area contributed by atoms with Gasteiger partial charge in [0.15, 0.2) is 0 Å². The Balaban J connectivity index is 2.62. The zero-order chi connectivity index (χ0) is 14.9. The van der Waals surface area contributed by atoms with Gasteiger partial charge in [0.05, 0.1) is 17.2 Å². The summed E-state index contributed by atoms with van der Waals surface area (Å²) < 4.78 is 18.0. The normalized spacial score (nSPS) is 10.4. The fourth-order valence-corrected chi connectivity index (χ4v) is 2.33. The fourth-order valence-electron chi connectivity index (χ4n) is 1.61. The molecule has 104 valence electrons. The average Bonchev–Trinajstić information content (AvgIpc) is 2.42. The van der Waals surface area contributed by atoms with Crippen molar-refractivity contribution in [3.05, 3.63) is 51.0 Å². The van der Waals surface area contributed by atoms with Crippen LogP contribution in [0.25, 0.3) is 11.1 Å². The van der Waals surface area contributed by atoms with Crippen molar-refractivity contribution in [2.24, 2.45) is 0 Å². The highest BCUT2D eigenvalue weighted by Crippen LogP contribution is 2.36. The van der Waals surface area contributed by atoms with Gasteiger partial charge in [-0.25, -0.2) is 9.78 Å². The minimum atomic E-state index is -0.926. The molecule has 0 aliphatic heterocycles. The van der Waals surface area contributed by atoms with E-state index in [0.29, 0.717) is 16.1 Å². The number of pyridine rings is 1. The maximum atomic E-state index is 13.5. The van der Waals surface area contributed by atoms with Crippen molar-refractivity contribution in [2.45, 2.75) is 0 Å². The molecule has 3 nitrogen and oxygen atoms in total. The van der Waals surface area contributed by atoms with Crippen LogP contribution in [0, 0.1) is 5.95 Å². The smallest absolute Gasteiger partial charge is 0.342 e. The molecule has 0 N–H and O–H groups in total. The molecule has 2 rings (SSSR count). The molecule has 1 aromatic carbocycles. The first-order chi connectivity index (χ1) is 9.43. The Labute approximate surface area is 129 Å². The molecule has 2 aromatic rings. The van der Waals surface area contributed by atoms with Crippen LogP contribution in [0.5, 0.6) is 0 Å². The minimum Gasteiger partial charge on any atom is -0.465 e. The van der Waals surface area contributed by atoms with Crippen LogP contribution < -0.4 is 0 Å². The Bertz CT molecular complexity index is 692. The molecule has 0 aliphatic rings. The lowest BCUT2D eigenvalue weighted by Crippen LogP contribution is -2.06. The number of nitrogens with zero attached hydrogens (tertiary/aromatic N) is 1. The van der Waals surface area contributed by atoms with Crippen molar-refractivity contribution in [1.82, 2.24) is 4.98 Å². The monoisotopic (exact) mass is 333 g/mol. The zero-order valence-corrected chi connectivity index (χ0v) is 12.4. The Kier molecular flexibility index (Phi) is 4.48. The maximum absolute atomic E-state index is 13.5. The predicted octanol–water partition coefficient (Wildman–Crippen LogP) is 4.63. The van der Waals surface area contributed by atoms with Gasteiger partial charge in [0, 0.05) is 22.3 Å². The fraction of sp³-hybridized carbons (Fsp3) is 0.0769. The van der Waals surface area contributed by atoms with Crippen molar-refractivity contribution >= 4 is 40.8 Å². The number of benzene rings is 1. The van der Waals surface area contributed by atoms with Crippen molar-refractivity contribution < 1.29 is 13.9 Å². The maximum Gasteiger partial charge on any atom is 0.342 e. The van der Waals surface area contributed by atoms with Crippen LogP contribution >= 0.6 is 34.8 Å². The molecule has 1 heterocycles. The van der Waals surface area contributed by atoms with Crippen LogP contribution in [0.3, 0.4) is 0 Å². The van der Waals surface area contributed by atoms with E-state index in [-0.39, 0.29) is 15.6 Å². The summed E-state index contributed by atoms with van der Waals surface area (Å²) in [6.45, 7) is 0. The lowest BCUT2D eigenvalue weighted by Gasteiger charge is -2.08. The summed E-state index contributed by atoms with van der Waals surface area (Å²) in [4.78, 5) is 15.0. The van der Waals surface area contributed by atoms with Gasteiger partial charge in [-0.05, 0) is 18.2 Å². The number of aromatic nitrogens is 1. The van der Waals surface area contributed by atoms with Gasteiger partial charge in [-0.1, -0.05) is 34.8 Å². The molecule has 0 unspecified atom stereocenters. The van der Waals surface area contributed by atoms with Gasteiger partial charge in [0.2, 0.25) is 5.95 Å². The standard InChI is InChI=1S/C13H7Cl3FNO2/c1-20-13(19)9-2-6(5-18-12(9)17)8-3-7(14)4-10(15)11(8)16/h2-5H,1H3. The van der Waals surface area contributed by atoms with Crippen LogP contribution in [-0.2, 0) is 4.74 Å². The second-order valence-electron chi connectivity index (χ2n) is 3.80. The van der Waals surface area contributed by atoms with E-state index in [4.69, 9.17) is 34.8 Å². The summed E-state index contributed by atoms with van der Waals surface area (Å²) in [6.07, 6.45) is 1.23. The van der Waals surface area contributed by atoms with E-state index >= 15 is 0 Å². The SMILES string of the molecule is COC(=O)c1cc(-c2cc(Cl)cc(Cl)c2Cl)cnc1F. The third-order valence-corrected chi connectivity index (χ3v) is 3.57. The second kappa shape index (κ2) is 5.95. The predicted molar refractivity (Wildman–Crippen MR) is 76.0 cm³/mol. The van der Waals surface area contributed by atoms with E-state index in [1.807, 2.05) is 0 Å². The second-order valence-corrected chi connectivity index (χ2v) is 5.02. The number of rotatable bonds is 2. The number of halogens is 4. The Morgan fingerprint density at radius 3 is 2.60 bits per heavy atom. The first-order valence-corrected chi connectivity index (χ1v) is 6.46. The molecule has 0 spiro atoms. The molecule has 0 fully saturated rings. The number of hydrogen-bond donors (Lipinski definition) is 0. The summed E-state index contributed by atoms with van der Waals surface area (Å²) in [6, 6.07) is 4.31. The van der Waals surface area contributed by atoms with Crippen LogP contribution in [0.1, 0.15) is 10.4 Å². The van der Waals surface area contributed by atoms with Crippen molar-refractivity contribution in [3.8, 4) is 11.1 Å². The summed E-state index contributed by atoms with van der Waals surface area (Å²) >= 11 is 17.9. The quantitative estimate of drug-likeness (QED) is 0.456. The molecule has 20 heavy (non-hydrogen) atoms. The topological polar surface area (TPSA) is 39.2 Å². The summed E-state index contributed by atoms with van der Waals surface area (Å²) in [5, 5.41) is 0.844. The molecule has 7 heteroatoms. The highest BCUT2D eigenvalue weighted by molar-refractivity contribution is 6.45. The number of carbonyl (C=O) groups is 1. The summed E-state index contributed by atoms with van der Waals surface area (Å²) in [5.74, 6) is -1.76. The van der Waals surface area contributed by atoms with Gasteiger partial charge < -0.3 is 4.74 Å². The lowest BCUT2D eigenvalue weighted by atomic mass is 10.1. The van der Waals surface area contributed by atoms with E-state index in [1.54, 1.807) is 6.07 Å². The number of methoxy groups -OCH3 is 1. The van der Waals surface area contributed by atoms with Gasteiger partial charge >= 0.3 is 5.97 Å². The minimum absolute atomic E-state index is 0.236. The van der Waals surface area contributed by atoms with Crippen LogP contribution in [0.4, 0.5) is 4.39 Å². The average molecular weight is 335 g/mol. The van der Waals surface area contributed by atoms with E-state index < -0.39 is 11.9 Å². The van der Waals surface area contributed by atoms with Gasteiger partial charge in [0.25, 0.3) is 0 Å². The number of hydrogen-bond acceptors (Lipinski definition) is 3. The first kappa shape index (κ1) is 15.0. The molecule has 0 saturated carbocycles. The molecule has 0 amide bonds. The van der Waals surface area contributed by atoms with Gasteiger partial charge in [-0.2, -0.15) is 4.39 Å². The molecule has 1 aromatic heterocycles. The first-order valence-electron chi connectivity index (χ1n) is 5.32. The van der Waals surface area contributed by atoms with E-state index in [2.05, 4.69) is 9.72 Å². The molecule has 0 bridgehead atoms. The van der Waals surface area contributed by atoms with Gasteiger partial charge in [-0.3, -0.25) is 0 Å². The van der Waals surface area contributed by atoms with Crippen LogP contribution in [-0.4, -0.2) is 18.1 Å². The molecule has 0 aliphatic carbocycles. The van der Waals surface area contributed by atoms with Gasteiger partial charge in [-0.15, -0.1) is 0 Å². The van der Waals surface area contributed by atoms with E-state index in [1.165, 1.54) is 18.3 Å². The van der Waals surface area contributed by atoms with E-state index in [9.17, 15) is 9.18 Å². The molecular weight excluding hydrogens is 328 g/mol. The lowest BCUT2D eigenvalue weighted by molar-refractivity contribution is 0.0594. The zero-order valence-electron chi connectivity index (χ0n) is 10.1. The highest BCUT2D eigenvalue weighted by atomic mass is 35.5. The Hall–Kier alpha value is -1.36. The Morgan fingerprint density at radius 1 is 1.25 bits per heavy atom. The largest absolute Gasteiger partial charge is 0.465 e. The third kappa shape index (κ3) is 2.87. The third-order valence-electron chi connectivity index (χ3n) is 2.55. The van der Waals surface area contributed by atoms with Crippen molar-refractivity contribution in [3.63, 3.8) is 0 Å². The molecule has 0 atom stereocenters. The molecule has 0 radical (unpaired) electrons. The summed E-state index contributed by atoms with van der Waals surface area (Å²) in [5.41, 5.74) is 0.556. The highest BCUT2D eigenvalue weighted by Gasteiger charge is 2.17. The number of ether oxygens (including phenoxy) is 1. The van der Waals surface area contributed by atoms with Gasteiger partial charge in [0.1, 0.15) is 5.56 Å². The van der Waals surface area contributed by atoms with E-state index in [0.717, 1.165) is 7.11 Å². The number of esters is 1. The Morgan fingerprint density at radius 2 is 1.95 bits per heavy atom. The van der Waals surface area contributed by atoms with Crippen LogP contribution in [0.15, 0.2) is 24.4 Å². The molecule has 0 saturated heterocycles. The number of carbonyl (C=O) groups excluding carboxylic acids is 1. The molecular formula is C13H7Cl3FNO2. The van der Waals surface area contributed by atoms with Crippen LogP contribution in [0.2, 0.25) is 15.1 Å².